The number of fused-ring (bicyclic) bond motifs is 5. The second kappa shape index (κ2) is 33.4. The molecule has 0 amide bonds. The predicted octanol–water partition coefficient (Wildman–Crippen LogP) is 17.0. The number of aromatic nitrogens is 16. The normalized spacial score (nSPS) is 11.4. The van der Waals surface area contributed by atoms with Gasteiger partial charge >= 0.3 is 0 Å². The zero-order valence-corrected chi connectivity index (χ0v) is 65.7. The van der Waals surface area contributed by atoms with Crippen molar-refractivity contribution < 1.29 is 33.4 Å². The molecule has 0 saturated heterocycles. The van der Waals surface area contributed by atoms with E-state index in [0.717, 1.165) is 125 Å². The Hall–Kier alpha value is -10.7. The first-order valence-corrected chi connectivity index (χ1v) is 37.3. The van der Waals surface area contributed by atoms with Crippen molar-refractivity contribution in [2.45, 2.75) is 33.1 Å². The van der Waals surface area contributed by atoms with Gasteiger partial charge in [-0.15, -0.1) is 0 Å². The van der Waals surface area contributed by atoms with Gasteiger partial charge in [-0.2, -0.15) is 38.5 Å². The predicted molar refractivity (Wildman–Crippen MR) is 424 cm³/mol. The Bertz CT molecular complexity index is 5900. The number of hydrogen-bond donors (Lipinski definition) is 5. The molecule has 0 radical (unpaired) electrons. The average molecular weight is 1790 g/mol. The minimum absolute atomic E-state index is 0.247. The standard InChI is InChI=1S/C19H16Br2N5O.C19H16BrFN5O.C19H14BrN5O2.C18H12BrCl2N5/c1-27-25-8-4-5-13(12-25)10-22-18-9-17(14-6-2-3-7-15(14)20)24-19-16(21)11-23-26(18)19;1-12-6-7-13(11-25(12)27)9-22-18-8-17(14-4-2-3-5-16(14)21)24-19-15(20)10-23-26(18)19;20-14-10-23-25-18(22-9-12-2-1-5-21-8-12)7-15(24-19(14)25)13-3-4-16-17(6-13)27-11-26-16;19-14-10-24-26-17(23-9-11-2-1-5-22-8-11)7-16(25-18(14)26)13-4-3-12(20)6-15(13)21/h2-9,11-12,22H,10H2,1H3;2-8,10-11,22,27H,9H2,1H3;1-8,10,22H,9,11H2;1-8,10,23H,9H2/q2*+1;;. The van der Waals surface area contributed by atoms with Crippen molar-refractivity contribution >= 4 is 149 Å². The van der Waals surface area contributed by atoms with Crippen LogP contribution in [0.5, 0.6) is 11.5 Å². The minimum atomic E-state index is -0.337. The largest absolute Gasteiger partial charge is 0.454 e. The molecule has 24 nitrogen and oxygen atoms in total. The number of benzene rings is 4. The Balaban J connectivity index is 0.000000120. The fourth-order valence-corrected chi connectivity index (χ4v) is 13.5. The van der Waals surface area contributed by atoms with E-state index in [0.29, 0.717) is 69.1 Å². The summed E-state index contributed by atoms with van der Waals surface area (Å²) < 4.78 is 39.0. The zero-order chi connectivity index (χ0) is 74.1. The van der Waals surface area contributed by atoms with Gasteiger partial charge in [0.25, 0.3) is 0 Å². The van der Waals surface area contributed by atoms with E-state index < -0.39 is 0 Å². The third-order valence-electron chi connectivity index (χ3n) is 16.5. The summed E-state index contributed by atoms with van der Waals surface area (Å²) in [7, 11) is 1.63. The van der Waals surface area contributed by atoms with Crippen molar-refractivity contribution in [3.63, 3.8) is 0 Å². The van der Waals surface area contributed by atoms with E-state index in [2.05, 4.69) is 141 Å². The summed E-state index contributed by atoms with van der Waals surface area (Å²) in [5.41, 5.74) is 13.7. The first-order chi connectivity index (χ1) is 52.1. The van der Waals surface area contributed by atoms with Crippen LogP contribution in [0.4, 0.5) is 27.7 Å². The highest BCUT2D eigenvalue weighted by molar-refractivity contribution is 9.11. The van der Waals surface area contributed by atoms with Crippen LogP contribution in [0, 0.1) is 12.7 Å². The Kier molecular flexibility index (Phi) is 22.8. The van der Waals surface area contributed by atoms with Crippen LogP contribution >= 0.6 is 103 Å². The fourth-order valence-electron chi connectivity index (χ4n) is 11.1. The summed E-state index contributed by atoms with van der Waals surface area (Å²) in [5.74, 6) is 4.29. The summed E-state index contributed by atoms with van der Waals surface area (Å²) in [6.45, 7) is 4.37. The second-order valence-electron chi connectivity index (χ2n) is 23.6. The summed E-state index contributed by atoms with van der Waals surface area (Å²) in [4.78, 5) is 32.3. The third kappa shape index (κ3) is 17.1. The van der Waals surface area contributed by atoms with Gasteiger partial charge in [0.05, 0.1) is 70.5 Å². The maximum atomic E-state index is 14.2. The number of anilines is 4. The molecule has 12 aromatic heterocycles. The molecule has 0 saturated carbocycles. The van der Waals surface area contributed by atoms with Crippen molar-refractivity contribution in [2.75, 3.05) is 35.2 Å². The van der Waals surface area contributed by atoms with E-state index in [4.69, 9.17) is 47.5 Å². The summed E-state index contributed by atoms with van der Waals surface area (Å²) in [6.07, 6.45) is 19.4. The van der Waals surface area contributed by atoms with Gasteiger partial charge in [0, 0.05) is 147 Å². The van der Waals surface area contributed by atoms with Crippen LogP contribution in [0.2, 0.25) is 10.0 Å². The fraction of sp³-hybridized carbons (Fsp3) is 0.0933. The number of pyridine rings is 4. The van der Waals surface area contributed by atoms with Crippen molar-refractivity contribution in [3.05, 3.63) is 292 Å². The second-order valence-corrected chi connectivity index (χ2v) is 28.7. The van der Waals surface area contributed by atoms with Gasteiger partial charge in [-0.25, -0.2) is 24.3 Å². The van der Waals surface area contributed by atoms with E-state index in [9.17, 15) is 9.60 Å². The van der Waals surface area contributed by atoms with Gasteiger partial charge in [-0.3, -0.25) is 20.0 Å². The highest BCUT2D eigenvalue weighted by Gasteiger charge is 2.21. The Labute approximate surface area is 661 Å². The molecule has 32 heteroatoms. The lowest BCUT2D eigenvalue weighted by atomic mass is 10.1. The van der Waals surface area contributed by atoms with Crippen LogP contribution in [0.15, 0.2) is 248 Å². The van der Waals surface area contributed by atoms with Crippen LogP contribution in [0.25, 0.3) is 67.6 Å². The van der Waals surface area contributed by atoms with Crippen LogP contribution < -0.4 is 45.0 Å². The van der Waals surface area contributed by atoms with Gasteiger partial charge in [-0.05, 0) is 154 Å². The van der Waals surface area contributed by atoms with Crippen LogP contribution in [-0.2, 0) is 26.2 Å². The molecule has 5 N–H and O–H groups in total. The lowest BCUT2D eigenvalue weighted by Crippen LogP contribution is -2.40. The quantitative estimate of drug-likeness (QED) is 0.0420. The van der Waals surface area contributed by atoms with Crippen molar-refractivity contribution in [3.8, 4) is 56.5 Å². The number of aryl methyl sites for hydroxylation is 1. The smallest absolute Gasteiger partial charge is 0.231 e. The first-order valence-electron chi connectivity index (χ1n) is 32.6. The van der Waals surface area contributed by atoms with Crippen molar-refractivity contribution in [1.29, 1.82) is 0 Å². The lowest BCUT2D eigenvalue weighted by molar-refractivity contribution is -0.909. The molecular weight excluding hydrogens is 1730 g/mol. The molecule has 4 aromatic carbocycles. The number of hydrogen-bond acceptors (Lipinski definition) is 18. The molecule has 1 aliphatic heterocycles. The van der Waals surface area contributed by atoms with Crippen molar-refractivity contribution in [2.24, 2.45) is 0 Å². The monoisotopic (exact) mass is 1790 g/mol. The lowest BCUT2D eigenvalue weighted by Gasteiger charge is -2.12. The molecule has 0 bridgehead atoms. The zero-order valence-electron chi connectivity index (χ0n) is 56.2. The number of ether oxygens (including phenoxy) is 2. The number of nitrogens with one attached hydrogen (secondary N) is 4. The van der Waals surface area contributed by atoms with Gasteiger partial charge < -0.3 is 30.7 Å². The molecule has 0 fully saturated rings. The Morgan fingerprint density at radius 2 is 0.953 bits per heavy atom. The molecule has 0 spiro atoms. The molecule has 536 valence electrons. The maximum absolute atomic E-state index is 14.2. The molecule has 0 atom stereocenters. The molecular formula is C75H58Br5Cl2FN20O4+2. The SMILES string of the molecule is Brc1cnn2c(NCc3cccnc3)cc(-c3ccc4c(c3)OCO4)nc12.CO[n+]1cccc(CNc2cc(-c3ccccc3Br)nc3c(Br)cnn23)c1.Cc1ccc(CNc2cc(-c3ccccc3F)nc3c(Br)cnn23)c[n+]1O.Clc1ccc(-c2cc(NCc3cccnc3)n3ncc(Br)c3n2)c(Cl)c1. The molecule has 16 aromatic rings. The number of halogens is 8. The highest BCUT2D eigenvalue weighted by Crippen LogP contribution is 2.38. The number of rotatable bonds is 17. The molecule has 107 heavy (non-hydrogen) atoms. The van der Waals surface area contributed by atoms with Gasteiger partial charge in [0.2, 0.25) is 31.1 Å². The molecule has 17 rings (SSSR count). The minimum Gasteiger partial charge on any atom is -0.454 e. The molecule has 0 aliphatic carbocycles. The summed E-state index contributed by atoms with van der Waals surface area (Å²) >= 11 is 30.0. The summed E-state index contributed by atoms with van der Waals surface area (Å²) in [5, 5.41) is 42.0. The van der Waals surface area contributed by atoms with E-state index in [-0.39, 0.29) is 12.6 Å². The van der Waals surface area contributed by atoms with Gasteiger partial charge in [-0.1, -0.05) is 81.6 Å². The molecule has 0 unspecified atom stereocenters. The Morgan fingerprint density at radius 3 is 1.47 bits per heavy atom. The molecule has 1 aliphatic rings. The number of nitrogens with zero attached hydrogens (tertiary/aromatic N) is 16. The van der Waals surface area contributed by atoms with Crippen LogP contribution in [0.1, 0.15) is 27.9 Å². The summed E-state index contributed by atoms with van der Waals surface area (Å²) in [6, 6.07) is 49.0. The van der Waals surface area contributed by atoms with E-state index in [1.165, 1.54) is 6.07 Å². The maximum Gasteiger partial charge on any atom is 0.231 e. The highest BCUT2D eigenvalue weighted by atomic mass is 79.9. The molecule has 13 heterocycles. The van der Waals surface area contributed by atoms with Gasteiger partial charge in [0.1, 0.15) is 36.2 Å². The van der Waals surface area contributed by atoms with Gasteiger partial charge in [0.15, 0.2) is 34.1 Å². The Morgan fingerprint density at radius 1 is 0.477 bits per heavy atom. The third-order valence-corrected chi connectivity index (χ3v) is 19.9. The topological polar surface area (TPSA) is 250 Å². The van der Waals surface area contributed by atoms with Crippen molar-refractivity contribution in [1.82, 2.24) is 68.4 Å². The average Bonchev–Trinajstić information content (AvgIpc) is 1.74. The van der Waals surface area contributed by atoms with Crippen LogP contribution in [0.3, 0.4) is 0 Å². The van der Waals surface area contributed by atoms with E-state index in [1.54, 1.807) is 110 Å². The van der Waals surface area contributed by atoms with Crippen LogP contribution in [-0.4, -0.2) is 87.5 Å². The van der Waals surface area contributed by atoms with E-state index in [1.807, 2.05) is 147 Å². The van der Waals surface area contributed by atoms with E-state index >= 15 is 0 Å². The first kappa shape index (κ1) is 73.2.